The third-order valence-electron chi connectivity index (χ3n) is 4.87. The highest BCUT2D eigenvalue weighted by atomic mass is 32.1. The summed E-state index contributed by atoms with van der Waals surface area (Å²) in [4.78, 5) is 14.1. The van der Waals surface area contributed by atoms with Crippen LogP contribution in [0.15, 0.2) is 36.4 Å². The lowest BCUT2D eigenvalue weighted by molar-refractivity contribution is -0.137. The second kappa shape index (κ2) is 10.2. The third-order valence-corrected chi connectivity index (χ3v) is 5.07. The van der Waals surface area contributed by atoms with E-state index in [9.17, 15) is 18.0 Å². The van der Waals surface area contributed by atoms with Gasteiger partial charge >= 0.3 is 6.18 Å². The molecule has 1 fully saturated rings. The van der Waals surface area contributed by atoms with Gasteiger partial charge in [0.15, 0.2) is 11.7 Å². The van der Waals surface area contributed by atoms with Gasteiger partial charge < -0.3 is 19.7 Å². The van der Waals surface area contributed by atoms with E-state index >= 15 is 0 Å². The molecule has 0 radical (unpaired) electrons. The van der Waals surface area contributed by atoms with Gasteiger partial charge in [-0.15, -0.1) is 0 Å². The Morgan fingerprint density at radius 1 is 1.16 bits per heavy atom. The average Bonchev–Trinajstić information content (AvgIpc) is 2.73. The number of carbonyl (C=O) groups excluding carboxylic acids is 1. The van der Waals surface area contributed by atoms with E-state index < -0.39 is 17.6 Å². The molecule has 1 aliphatic heterocycles. The summed E-state index contributed by atoms with van der Waals surface area (Å²) in [6.45, 7) is 5.53. The summed E-state index contributed by atoms with van der Waals surface area (Å²) in [7, 11) is 0. The van der Waals surface area contributed by atoms with Gasteiger partial charge in [0.2, 0.25) is 0 Å². The van der Waals surface area contributed by atoms with Crippen LogP contribution in [0, 0.1) is 13.8 Å². The maximum Gasteiger partial charge on any atom is 0.416 e. The first-order chi connectivity index (χ1) is 15.1. The van der Waals surface area contributed by atoms with E-state index in [4.69, 9.17) is 21.7 Å². The second-order valence-electron chi connectivity index (χ2n) is 7.39. The Balaban J connectivity index is 1.67. The van der Waals surface area contributed by atoms with Crippen molar-refractivity contribution in [3.63, 3.8) is 0 Å². The van der Waals surface area contributed by atoms with Gasteiger partial charge in [-0.1, -0.05) is 17.7 Å². The monoisotopic (exact) mass is 467 g/mol. The molecule has 172 valence electrons. The number of morpholine rings is 1. The fourth-order valence-corrected chi connectivity index (χ4v) is 3.54. The zero-order chi connectivity index (χ0) is 23.3. The summed E-state index contributed by atoms with van der Waals surface area (Å²) in [5, 5.41) is 5.06. The van der Waals surface area contributed by atoms with E-state index in [-0.39, 0.29) is 17.4 Å². The van der Waals surface area contributed by atoms with Gasteiger partial charge in [0.1, 0.15) is 5.75 Å². The predicted octanol–water partition coefficient (Wildman–Crippen LogP) is 4.05. The standard InChI is InChI=1S/C22H24F3N3O3S/c1-14-3-6-19(15(2)11-14)31-13-20(29)27-21(32)26-17-12-16(22(23,24)25)4-5-18(17)28-7-9-30-10-8-28/h3-6,11-12H,7-10,13H2,1-2H3,(H2,26,27,29,32). The topological polar surface area (TPSA) is 62.8 Å². The number of nitrogens with zero attached hydrogens (tertiary/aromatic N) is 1. The van der Waals surface area contributed by atoms with Crippen molar-refractivity contribution in [1.82, 2.24) is 5.32 Å². The molecule has 0 atom stereocenters. The molecule has 0 unspecified atom stereocenters. The lowest BCUT2D eigenvalue weighted by Crippen LogP contribution is -2.39. The molecule has 0 bridgehead atoms. The maximum absolute atomic E-state index is 13.2. The Kier molecular flexibility index (Phi) is 7.57. The fourth-order valence-electron chi connectivity index (χ4n) is 3.31. The second-order valence-corrected chi connectivity index (χ2v) is 7.80. The maximum atomic E-state index is 13.2. The Morgan fingerprint density at radius 2 is 1.88 bits per heavy atom. The molecular weight excluding hydrogens is 443 g/mol. The molecule has 1 saturated heterocycles. The first kappa shape index (κ1) is 23.8. The van der Waals surface area contributed by atoms with Crippen LogP contribution in [-0.4, -0.2) is 43.9 Å². The van der Waals surface area contributed by atoms with Crippen LogP contribution < -0.4 is 20.3 Å². The van der Waals surface area contributed by atoms with Gasteiger partial charge in [-0.2, -0.15) is 13.2 Å². The van der Waals surface area contributed by atoms with Gasteiger partial charge in [0.05, 0.1) is 30.2 Å². The first-order valence-corrected chi connectivity index (χ1v) is 10.4. The number of carbonyl (C=O) groups is 1. The van der Waals surface area contributed by atoms with E-state index in [0.29, 0.717) is 37.7 Å². The van der Waals surface area contributed by atoms with Gasteiger partial charge in [0, 0.05) is 13.1 Å². The number of alkyl halides is 3. The Labute approximate surface area is 189 Å². The van der Waals surface area contributed by atoms with Crippen LogP contribution >= 0.6 is 12.2 Å². The zero-order valence-electron chi connectivity index (χ0n) is 17.7. The molecule has 3 rings (SSSR count). The number of thiocarbonyl (C=S) groups is 1. The van der Waals surface area contributed by atoms with E-state index in [1.807, 2.05) is 30.9 Å². The molecule has 2 N–H and O–H groups in total. The van der Waals surface area contributed by atoms with E-state index in [2.05, 4.69) is 10.6 Å². The van der Waals surface area contributed by atoms with Gasteiger partial charge in [0.25, 0.3) is 5.91 Å². The number of amides is 1. The molecule has 2 aromatic carbocycles. The molecule has 0 aromatic heterocycles. The predicted molar refractivity (Wildman–Crippen MR) is 120 cm³/mol. The Hall–Kier alpha value is -2.85. The van der Waals surface area contributed by atoms with Crippen molar-refractivity contribution in [2.24, 2.45) is 0 Å². The highest BCUT2D eigenvalue weighted by Gasteiger charge is 2.31. The molecule has 1 aliphatic rings. The fraction of sp³-hybridized carbons (Fsp3) is 0.364. The van der Waals surface area contributed by atoms with Crippen molar-refractivity contribution >= 4 is 34.6 Å². The summed E-state index contributed by atoms with van der Waals surface area (Å²) < 4.78 is 50.5. The van der Waals surface area contributed by atoms with Gasteiger partial charge in [-0.25, -0.2) is 0 Å². The van der Waals surface area contributed by atoms with Crippen molar-refractivity contribution in [1.29, 1.82) is 0 Å². The number of hydrogen-bond donors (Lipinski definition) is 2. The molecule has 6 nitrogen and oxygen atoms in total. The molecule has 32 heavy (non-hydrogen) atoms. The molecule has 0 aliphatic carbocycles. The molecule has 1 amide bonds. The van der Waals surface area contributed by atoms with Crippen LogP contribution in [0.3, 0.4) is 0 Å². The minimum atomic E-state index is -4.51. The van der Waals surface area contributed by atoms with E-state index in [1.54, 1.807) is 6.07 Å². The lowest BCUT2D eigenvalue weighted by Gasteiger charge is -2.31. The summed E-state index contributed by atoms with van der Waals surface area (Å²) >= 11 is 5.16. The summed E-state index contributed by atoms with van der Waals surface area (Å²) in [5.41, 5.74) is 1.84. The molecule has 1 heterocycles. The van der Waals surface area contributed by atoms with Crippen LogP contribution in [0.2, 0.25) is 0 Å². The number of rotatable bonds is 5. The van der Waals surface area contributed by atoms with Gasteiger partial charge in [-0.05, 0) is 55.9 Å². The minimum Gasteiger partial charge on any atom is -0.483 e. The smallest absolute Gasteiger partial charge is 0.416 e. The van der Waals surface area contributed by atoms with Crippen LogP contribution in [-0.2, 0) is 15.7 Å². The van der Waals surface area contributed by atoms with Crippen molar-refractivity contribution in [2.45, 2.75) is 20.0 Å². The van der Waals surface area contributed by atoms with Crippen molar-refractivity contribution < 1.29 is 27.4 Å². The SMILES string of the molecule is Cc1ccc(OCC(=O)NC(=S)Nc2cc(C(F)(F)F)ccc2N2CCOCC2)c(C)c1. The van der Waals surface area contributed by atoms with E-state index in [1.165, 1.54) is 6.07 Å². The molecule has 0 saturated carbocycles. The highest BCUT2D eigenvalue weighted by molar-refractivity contribution is 7.80. The first-order valence-electron chi connectivity index (χ1n) is 9.98. The highest BCUT2D eigenvalue weighted by Crippen LogP contribution is 2.35. The van der Waals surface area contributed by atoms with Crippen molar-refractivity contribution in [3.8, 4) is 5.75 Å². The number of halogens is 3. The Morgan fingerprint density at radius 3 is 2.53 bits per heavy atom. The number of nitrogens with one attached hydrogen (secondary N) is 2. The van der Waals surface area contributed by atoms with Crippen LogP contribution in [0.25, 0.3) is 0 Å². The molecule has 10 heteroatoms. The number of benzene rings is 2. The quantitative estimate of drug-likeness (QED) is 0.647. The minimum absolute atomic E-state index is 0.118. The average molecular weight is 468 g/mol. The number of anilines is 2. The largest absolute Gasteiger partial charge is 0.483 e. The van der Waals surface area contributed by atoms with Crippen molar-refractivity contribution in [2.75, 3.05) is 43.1 Å². The number of aryl methyl sites for hydroxylation is 2. The Bertz CT molecular complexity index is 992. The summed E-state index contributed by atoms with van der Waals surface area (Å²) in [6, 6.07) is 8.97. The van der Waals surface area contributed by atoms with E-state index in [0.717, 1.165) is 23.3 Å². The normalized spacial score (nSPS) is 14.1. The third kappa shape index (κ3) is 6.33. The lowest BCUT2D eigenvalue weighted by atomic mass is 10.1. The van der Waals surface area contributed by atoms with Gasteiger partial charge in [-0.3, -0.25) is 10.1 Å². The van der Waals surface area contributed by atoms with Crippen LogP contribution in [0.5, 0.6) is 5.75 Å². The molecule has 0 spiro atoms. The summed E-state index contributed by atoms with van der Waals surface area (Å²) in [6.07, 6.45) is -4.51. The summed E-state index contributed by atoms with van der Waals surface area (Å²) in [5.74, 6) is 0.0412. The van der Waals surface area contributed by atoms with Crippen molar-refractivity contribution in [3.05, 3.63) is 53.1 Å². The molecular formula is C22H24F3N3O3S. The van der Waals surface area contributed by atoms with Crippen LogP contribution in [0.4, 0.5) is 24.5 Å². The zero-order valence-corrected chi connectivity index (χ0v) is 18.5. The van der Waals surface area contributed by atoms with Crippen LogP contribution in [0.1, 0.15) is 16.7 Å². The number of ether oxygens (including phenoxy) is 2. The molecule has 2 aromatic rings. The number of hydrogen-bond acceptors (Lipinski definition) is 5.